The van der Waals surface area contributed by atoms with E-state index in [1.165, 1.54) is 11.3 Å². The van der Waals surface area contributed by atoms with Crippen LogP contribution in [-0.2, 0) is 0 Å². The molecule has 1 aliphatic rings. The Labute approximate surface area is 142 Å². The number of aryl methyl sites for hydroxylation is 1. The van der Waals surface area contributed by atoms with E-state index in [1.54, 1.807) is 25.4 Å². The lowest BCUT2D eigenvalue weighted by atomic mass is 10.1. The maximum Gasteiger partial charge on any atom is 0.254 e. The molecule has 5 heteroatoms. The maximum absolute atomic E-state index is 12.8. The van der Waals surface area contributed by atoms with Crippen LogP contribution in [0.5, 0.6) is 5.88 Å². The van der Waals surface area contributed by atoms with E-state index in [9.17, 15) is 4.79 Å². The number of aromatic nitrogens is 1. The molecule has 1 aromatic carbocycles. The number of amides is 1. The summed E-state index contributed by atoms with van der Waals surface area (Å²) in [6.45, 7) is 6.56. The molecule has 1 aliphatic heterocycles. The largest absolute Gasteiger partial charge is 0.481 e. The SMILES string of the molecule is COc1cc(C(=O)N2CCN(c3ccc(C)cc3)CC2C)ccn1. The number of carbonyl (C=O) groups excluding carboxylic acids is 1. The molecule has 1 saturated heterocycles. The molecule has 24 heavy (non-hydrogen) atoms. The van der Waals surface area contributed by atoms with E-state index in [-0.39, 0.29) is 11.9 Å². The van der Waals surface area contributed by atoms with Gasteiger partial charge in [-0.05, 0) is 32.0 Å². The highest BCUT2D eigenvalue weighted by Gasteiger charge is 2.28. The van der Waals surface area contributed by atoms with Crippen molar-refractivity contribution in [3.05, 3.63) is 53.7 Å². The number of nitrogens with zero attached hydrogens (tertiary/aromatic N) is 3. The molecule has 0 spiro atoms. The molecular formula is C19H23N3O2. The Bertz CT molecular complexity index is 715. The molecule has 1 aromatic heterocycles. The van der Waals surface area contributed by atoms with Crippen LogP contribution in [0.1, 0.15) is 22.8 Å². The van der Waals surface area contributed by atoms with Crippen LogP contribution in [0.25, 0.3) is 0 Å². The van der Waals surface area contributed by atoms with Crippen LogP contribution in [-0.4, -0.2) is 48.6 Å². The number of benzene rings is 1. The van der Waals surface area contributed by atoms with Gasteiger partial charge in [0.2, 0.25) is 5.88 Å². The first-order valence-corrected chi connectivity index (χ1v) is 8.21. The van der Waals surface area contributed by atoms with Crippen LogP contribution in [0.15, 0.2) is 42.6 Å². The molecule has 1 amide bonds. The Morgan fingerprint density at radius 2 is 1.96 bits per heavy atom. The van der Waals surface area contributed by atoms with Gasteiger partial charge in [0.05, 0.1) is 7.11 Å². The molecule has 1 unspecified atom stereocenters. The summed E-state index contributed by atoms with van der Waals surface area (Å²) in [6.07, 6.45) is 1.61. The fourth-order valence-corrected chi connectivity index (χ4v) is 3.07. The van der Waals surface area contributed by atoms with Gasteiger partial charge < -0.3 is 14.5 Å². The number of rotatable bonds is 3. The molecule has 0 N–H and O–H groups in total. The van der Waals surface area contributed by atoms with Crippen molar-refractivity contribution in [1.82, 2.24) is 9.88 Å². The van der Waals surface area contributed by atoms with Gasteiger partial charge in [0, 0.05) is 49.2 Å². The topological polar surface area (TPSA) is 45.7 Å². The molecule has 2 aromatic rings. The first-order chi connectivity index (χ1) is 11.6. The predicted molar refractivity (Wildman–Crippen MR) is 94.7 cm³/mol. The summed E-state index contributed by atoms with van der Waals surface area (Å²) in [4.78, 5) is 21.1. The molecule has 0 bridgehead atoms. The van der Waals surface area contributed by atoms with Gasteiger partial charge in [0.1, 0.15) is 0 Å². The van der Waals surface area contributed by atoms with E-state index in [2.05, 4.69) is 48.0 Å². The van der Waals surface area contributed by atoms with Gasteiger partial charge in [-0.2, -0.15) is 0 Å². The highest BCUT2D eigenvalue weighted by atomic mass is 16.5. The van der Waals surface area contributed by atoms with Crippen molar-refractivity contribution < 1.29 is 9.53 Å². The molecule has 126 valence electrons. The number of methoxy groups -OCH3 is 1. The van der Waals surface area contributed by atoms with Gasteiger partial charge in [0.25, 0.3) is 5.91 Å². The summed E-state index contributed by atoms with van der Waals surface area (Å²) in [5.41, 5.74) is 3.09. The number of hydrogen-bond donors (Lipinski definition) is 0. The van der Waals surface area contributed by atoms with Crippen molar-refractivity contribution in [2.24, 2.45) is 0 Å². The average Bonchev–Trinajstić information content (AvgIpc) is 2.62. The van der Waals surface area contributed by atoms with Crippen LogP contribution in [0.3, 0.4) is 0 Å². The third kappa shape index (κ3) is 3.35. The maximum atomic E-state index is 12.8. The second kappa shape index (κ2) is 6.91. The molecule has 0 aliphatic carbocycles. The summed E-state index contributed by atoms with van der Waals surface area (Å²) in [5.74, 6) is 0.499. The summed E-state index contributed by atoms with van der Waals surface area (Å²) in [5, 5.41) is 0. The van der Waals surface area contributed by atoms with E-state index < -0.39 is 0 Å². The van der Waals surface area contributed by atoms with Crippen molar-refractivity contribution >= 4 is 11.6 Å². The summed E-state index contributed by atoms with van der Waals surface area (Å²) in [7, 11) is 1.56. The number of anilines is 1. The monoisotopic (exact) mass is 325 g/mol. The third-order valence-electron chi connectivity index (χ3n) is 4.48. The van der Waals surface area contributed by atoms with Gasteiger partial charge in [-0.25, -0.2) is 4.98 Å². The van der Waals surface area contributed by atoms with Crippen molar-refractivity contribution in [3.8, 4) is 5.88 Å². The highest BCUT2D eigenvalue weighted by molar-refractivity contribution is 5.94. The van der Waals surface area contributed by atoms with Crippen molar-refractivity contribution in [2.45, 2.75) is 19.9 Å². The molecule has 5 nitrogen and oxygen atoms in total. The molecular weight excluding hydrogens is 302 g/mol. The summed E-state index contributed by atoms with van der Waals surface area (Å²) < 4.78 is 5.11. The predicted octanol–water partition coefficient (Wildman–Crippen LogP) is 2.75. The highest BCUT2D eigenvalue weighted by Crippen LogP contribution is 2.21. The normalized spacial score (nSPS) is 17.7. The minimum absolute atomic E-state index is 0.0340. The molecule has 2 heterocycles. The molecule has 1 atom stereocenters. The zero-order valence-corrected chi connectivity index (χ0v) is 14.4. The van der Waals surface area contributed by atoms with E-state index in [1.807, 2.05) is 4.90 Å². The zero-order chi connectivity index (χ0) is 17.1. The lowest BCUT2D eigenvalue weighted by molar-refractivity contribution is 0.0673. The third-order valence-corrected chi connectivity index (χ3v) is 4.48. The van der Waals surface area contributed by atoms with E-state index in [0.29, 0.717) is 18.0 Å². The Hall–Kier alpha value is -2.56. The van der Waals surface area contributed by atoms with E-state index in [4.69, 9.17) is 4.74 Å². The minimum atomic E-state index is 0.0340. The smallest absolute Gasteiger partial charge is 0.254 e. The Kier molecular flexibility index (Phi) is 4.69. The van der Waals surface area contributed by atoms with Crippen LogP contribution in [0, 0.1) is 6.92 Å². The first kappa shape index (κ1) is 16.3. The summed E-state index contributed by atoms with van der Waals surface area (Å²) >= 11 is 0. The van der Waals surface area contributed by atoms with Crippen molar-refractivity contribution in [3.63, 3.8) is 0 Å². The molecule has 0 radical (unpaired) electrons. The van der Waals surface area contributed by atoms with Gasteiger partial charge in [-0.1, -0.05) is 17.7 Å². The quantitative estimate of drug-likeness (QED) is 0.870. The fraction of sp³-hybridized carbons (Fsp3) is 0.368. The lowest BCUT2D eigenvalue weighted by Gasteiger charge is -2.41. The Morgan fingerprint density at radius 3 is 2.62 bits per heavy atom. The Morgan fingerprint density at radius 1 is 1.21 bits per heavy atom. The van der Waals surface area contributed by atoms with Crippen molar-refractivity contribution in [1.29, 1.82) is 0 Å². The van der Waals surface area contributed by atoms with Gasteiger partial charge >= 0.3 is 0 Å². The summed E-state index contributed by atoms with van der Waals surface area (Å²) in [6, 6.07) is 12.1. The number of ether oxygens (including phenoxy) is 1. The van der Waals surface area contributed by atoms with Crippen LogP contribution >= 0.6 is 0 Å². The Balaban J connectivity index is 1.71. The number of hydrogen-bond acceptors (Lipinski definition) is 4. The van der Waals surface area contributed by atoms with E-state index in [0.717, 1.165) is 13.1 Å². The van der Waals surface area contributed by atoms with Gasteiger partial charge in [0.15, 0.2) is 0 Å². The average molecular weight is 325 g/mol. The standard InChI is InChI=1S/C19H23N3O2/c1-14-4-6-17(7-5-14)21-10-11-22(15(2)13-21)19(23)16-8-9-20-18(12-16)24-3/h4-9,12,15H,10-11,13H2,1-3H3. The van der Waals surface area contributed by atoms with E-state index >= 15 is 0 Å². The molecule has 3 rings (SSSR count). The molecule has 0 saturated carbocycles. The fourth-order valence-electron chi connectivity index (χ4n) is 3.07. The number of pyridine rings is 1. The van der Waals surface area contributed by atoms with Crippen LogP contribution < -0.4 is 9.64 Å². The van der Waals surface area contributed by atoms with Gasteiger partial charge in [-0.3, -0.25) is 4.79 Å². The minimum Gasteiger partial charge on any atom is -0.481 e. The first-order valence-electron chi connectivity index (χ1n) is 8.21. The van der Waals surface area contributed by atoms with Crippen molar-refractivity contribution in [2.75, 3.05) is 31.6 Å². The van der Waals surface area contributed by atoms with Gasteiger partial charge in [-0.15, -0.1) is 0 Å². The number of piperazine rings is 1. The lowest BCUT2D eigenvalue weighted by Crippen LogP contribution is -2.54. The number of carbonyl (C=O) groups is 1. The molecule has 1 fully saturated rings. The van der Waals surface area contributed by atoms with Crippen LogP contribution in [0.2, 0.25) is 0 Å². The van der Waals surface area contributed by atoms with Crippen LogP contribution in [0.4, 0.5) is 5.69 Å². The zero-order valence-electron chi connectivity index (χ0n) is 14.4. The second-order valence-electron chi connectivity index (χ2n) is 6.22. The second-order valence-corrected chi connectivity index (χ2v) is 6.22.